The summed E-state index contributed by atoms with van der Waals surface area (Å²) in [6.45, 7) is 7.11. The van der Waals surface area contributed by atoms with E-state index in [2.05, 4.69) is 67.1 Å². The van der Waals surface area contributed by atoms with Crippen LogP contribution in [0.5, 0.6) is 0 Å². The molecule has 124 valence electrons. The fraction of sp³-hybridized carbons (Fsp3) is 0.136. The molecule has 0 aliphatic carbocycles. The molecule has 0 saturated heterocycles. The van der Waals surface area contributed by atoms with Crippen LogP contribution in [-0.4, -0.2) is 13.1 Å². The normalized spacial score (nSPS) is 11.8. The van der Waals surface area contributed by atoms with Crippen molar-refractivity contribution in [1.29, 1.82) is 0 Å². The molecule has 0 aliphatic rings. The van der Waals surface area contributed by atoms with Crippen molar-refractivity contribution >= 4 is 24.4 Å². The molecule has 0 atom stereocenters. The second-order valence-corrected chi connectivity index (χ2v) is 12.5. The van der Waals surface area contributed by atoms with Crippen LogP contribution in [0.3, 0.4) is 0 Å². The Morgan fingerprint density at radius 3 is 2.16 bits per heavy atom. The van der Waals surface area contributed by atoms with Crippen LogP contribution in [-0.2, 0) is 0 Å². The van der Waals surface area contributed by atoms with Crippen molar-refractivity contribution in [3.8, 4) is 22.6 Å². The summed E-state index contributed by atoms with van der Waals surface area (Å²) in [5, 5.41) is 1.48. The smallest absolute Gasteiger partial charge is 0.227 e. The Morgan fingerprint density at radius 2 is 1.44 bits per heavy atom. The minimum Gasteiger partial charge on any atom is -0.436 e. The molecule has 3 heteroatoms. The van der Waals surface area contributed by atoms with Crippen LogP contribution >= 0.6 is 0 Å². The van der Waals surface area contributed by atoms with E-state index in [1.165, 1.54) is 16.3 Å². The van der Waals surface area contributed by atoms with Gasteiger partial charge >= 0.3 is 0 Å². The summed E-state index contributed by atoms with van der Waals surface area (Å²) in [4.78, 5) is 4.60. The van der Waals surface area contributed by atoms with Crippen molar-refractivity contribution in [1.82, 2.24) is 4.98 Å². The van der Waals surface area contributed by atoms with Crippen LogP contribution in [0.1, 0.15) is 0 Å². The highest BCUT2D eigenvalue weighted by Gasteiger charge is 2.16. The third kappa shape index (κ3) is 3.15. The van der Waals surface area contributed by atoms with Gasteiger partial charge in [-0.1, -0.05) is 73.4 Å². The van der Waals surface area contributed by atoms with E-state index >= 15 is 0 Å². The molecular formula is C22H21NOSi. The molecule has 0 bridgehead atoms. The first-order valence-corrected chi connectivity index (χ1v) is 12.1. The van der Waals surface area contributed by atoms with Crippen LogP contribution in [0.2, 0.25) is 19.6 Å². The van der Waals surface area contributed by atoms with E-state index in [0.717, 1.165) is 16.7 Å². The zero-order chi connectivity index (χ0) is 17.4. The Balaban J connectivity index is 1.72. The monoisotopic (exact) mass is 343 g/mol. The summed E-state index contributed by atoms with van der Waals surface area (Å²) < 4.78 is 5.90. The van der Waals surface area contributed by atoms with Gasteiger partial charge < -0.3 is 4.42 Å². The molecule has 4 aromatic rings. The number of nitrogens with zero attached hydrogens (tertiary/aromatic N) is 1. The first-order chi connectivity index (χ1) is 12.0. The van der Waals surface area contributed by atoms with Crippen LogP contribution in [0.4, 0.5) is 0 Å². The van der Waals surface area contributed by atoms with Crippen molar-refractivity contribution < 1.29 is 4.42 Å². The average molecular weight is 344 g/mol. The maximum Gasteiger partial charge on any atom is 0.227 e. The lowest BCUT2D eigenvalue weighted by atomic mass is 10.0. The fourth-order valence-electron chi connectivity index (χ4n) is 2.99. The number of oxazole rings is 1. The van der Waals surface area contributed by atoms with Crippen molar-refractivity contribution in [3.63, 3.8) is 0 Å². The van der Waals surface area contributed by atoms with E-state index in [0.29, 0.717) is 5.89 Å². The lowest BCUT2D eigenvalue weighted by Gasteiger charge is -2.16. The molecule has 25 heavy (non-hydrogen) atoms. The Bertz CT molecular complexity index is 993. The van der Waals surface area contributed by atoms with E-state index in [9.17, 15) is 0 Å². The second-order valence-electron chi connectivity index (χ2n) is 7.39. The molecule has 0 saturated carbocycles. The van der Waals surface area contributed by atoms with E-state index in [-0.39, 0.29) is 0 Å². The Hall–Kier alpha value is -2.65. The van der Waals surface area contributed by atoms with E-state index in [1.807, 2.05) is 30.3 Å². The average Bonchev–Trinajstić information content (AvgIpc) is 3.05. The molecule has 0 unspecified atom stereocenters. The van der Waals surface area contributed by atoms with Gasteiger partial charge in [0.1, 0.15) is 5.52 Å². The zero-order valence-electron chi connectivity index (χ0n) is 14.8. The quantitative estimate of drug-likeness (QED) is 0.445. The number of fused-ring (bicyclic) bond motifs is 1. The van der Waals surface area contributed by atoms with Gasteiger partial charge in [0.05, 0.1) is 8.07 Å². The van der Waals surface area contributed by atoms with Gasteiger partial charge in [0.15, 0.2) is 5.58 Å². The Kier molecular flexibility index (Phi) is 3.81. The van der Waals surface area contributed by atoms with Crippen molar-refractivity contribution in [3.05, 3.63) is 72.8 Å². The third-order valence-electron chi connectivity index (χ3n) is 4.49. The predicted octanol–water partition coefficient (Wildman–Crippen LogP) is 5.71. The van der Waals surface area contributed by atoms with Gasteiger partial charge in [-0.3, -0.25) is 0 Å². The minimum absolute atomic E-state index is 0.668. The van der Waals surface area contributed by atoms with Crippen LogP contribution in [0.15, 0.2) is 77.2 Å². The van der Waals surface area contributed by atoms with Gasteiger partial charge in [-0.25, -0.2) is 4.98 Å². The fourth-order valence-corrected chi connectivity index (χ4v) is 4.16. The molecule has 0 spiro atoms. The van der Waals surface area contributed by atoms with Gasteiger partial charge in [-0.2, -0.15) is 0 Å². The zero-order valence-corrected chi connectivity index (χ0v) is 15.8. The van der Waals surface area contributed by atoms with E-state index < -0.39 is 8.07 Å². The molecular weight excluding hydrogens is 322 g/mol. The number of rotatable bonds is 3. The molecule has 0 aliphatic heterocycles. The SMILES string of the molecule is C[Si](C)(C)c1ccc(-c2cccc(-c3nc4ccccc4o3)c2)cc1. The van der Waals surface area contributed by atoms with Crippen molar-refractivity contribution in [2.24, 2.45) is 0 Å². The number of aromatic nitrogens is 1. The summed E-state index contributed by atoms with van der Waals surface area (Å²) in [5.41, 5.74) is 5.12. The van der Waals surface area contributed by atoms with Crippen LogP contribution in [0.25, 0.3) is 33.7 Å². The van der Waals surface area contributed by atoms with Crippen LogP contribution < -0.4 is 5.19 Å². The molecule has 0 fully saturated rings. The standard InChI is InChI=1S/C22H21NOSi/c1-25(2,3)19-13-11-16(12-14-19)17-7-6-8-18(15-17)22-23-20-9-4-5-10-21(20)24-22/h4-15H,1-3H3. The van der Waals surface area contributed by atoms with E-state index in [1.54, 1.807) is 0 Å². The maximum absolute atomic E-state index is 5.90. The third-order valence-corrected chi connectivity index (χ3v) is 6.55. The first-order valence-electron chi connectivity index (χ1n) is 8.58. The molecule has 0 radical (unpaired) electrons. The summed E-state index contributed by atoms with van der Waals surface area (Å²) in [5.74, 6) is 0.668. The molecule has 2 nitrogen and oxygen atoms in total. The molecule has 0 amide bonds. The number of hydrogen-bond acceptors (Lipinski definition) is 2. The molecule has 1 heterocycles. The summed E-state index contributed by atoms with van der Waals surface area (Å²) in [6, 6.07) is 25.2. The van der Waals surface area contributed by atoms with Gasteiger partial charge in [0, 0.05) is 5.56 Å². The van der Waals surface area contributed by atoms with Gasteiger partial charge in [0.25, 0.3) is 0 Å². The van der Waals surface area contributed by atoms with Crippen molar-refractivity contribution in [2.45, 2.75) is 19.6 Å². The highest BCUT2D eigenvalue weighted by Crippen LogP contribution is 2.28. The summed E-state index contributed by atoms with van der Waals surface area (Å²) in [7, 11) is -1.26. The van der Waals surface area contributed by atoms with E-state index in [4.69, 9.17) is 4.42 Å². The van der Waals surface area contributed by atoms with Crippen LogP contribution in [0, 0.1) is 0 Å². The molecule has 0 N–H and O–H groups in total. The number of benzene rings is 3. The predicted molar refractivity (Wildman–Crippen MR) is 108 cm³/mol. The number of para-hydroxylation sites is 2. The molecule has 3 aromatic carbocycles. The molecule has 4 rings (SSSR count). The lowest BCUT2D eigenvalue weighted by Crippen LogP contribution is -2.37. The summed E-state index contributed by atoms with van der Waals surface area (Å²) >= 11 is 0. The minimum atomic E-state index is -1.26. The highest BCUT2D eigenvalue weighted by atomic mass is 28.3. The maximum atomic E-state index is 5.90. The summed E-state index contributed by atoms with van der Waals surface area (Å²) in [6.07, 6.45) is 0. The Labute approximate surface area is 149 Å². The Morgan fingerprint density at radius 1 is 0.720 bits per heavy atom. The van der Waals surface area contributed by atoms with Crippen molar-refractivity contribution in [2.75, 3.05) is 0 Å². The second kappa shape index (κ2) is 6.01. The van der Waals surface area contributed by atoms with Gasteiger partial charge in [-0.15, -0.1) is 0 Å². The highest BCUT2D eigenvalue weighted by molar-refractivity contribution is 6.88. The molecule has 1 aromatic heterocycles. The number of hydrogen-bond donors (Lipinski definition) is 0. The lowest BCUT2D eigenvalue weighted by molar-refractivity contribution is 0.620. The largest absolute Gasteiger partial charge is 0.436 e. The van der Waals surface area contributed by atoms with Gasteiger partial charge in [0.2, 0.25) is 5.89 Å². The topological polar surface area (TPSA) is 26.0 Å². The van der Waals surface area contributed by atoms with Gasteiger partial charge in [-0.05, 0) is 35.4 Å². The first kappa shape index (κ1) is 15.9.